The zero-order chi connectivity index (χ0) is 13.4. The lowest BCUT2D eigenvalue weighted by Crippen LogP contribution is -2.12. The molecule has 0 heterocycles. The summed E-state index contributed by atoms with van der Waals surface area (Å²) in [6.07, 6.45) is 1.98. The van der Waals surface area contributed by atoms with Crippen molar-refractivity contribution in [3.05, 3.63) is 35.9 Å². The van der Waals surface area contributed by atoms with Crippen molar-refractivity contribution in [2.24, 2.45) is 17.8 Å². The molecule has 2 aliphatic carbocycles. The van der Waals surface area contributed by atoms with Gasteiger partial charge in [0.2, 0.25) is 0 Å². The van der Waals surface area contributed by atoms with E-state index in [9.17, 15) is 9.59 Å². The lowest BCUT2D eigenvalue weighted by molar-refractivity contribution is -0.146. The first-order valence-corrected chi connectivity index (χ1v) is 6.99. The van der Waals surface area contributed by atoms with E-state index in [1.165, 1.54) is 0 Å². The number of rotatable bonds is 5. The Balaban J connectivity index is 1.80. The van der Waals surface area contributed by atoms with Crippen LogP contribution in [0, 0.1) is 17.8 Å². The van der Waals surface area contributed by atoms with Crippen molar-refractivity contribution in [1.82, 2.24) is 0 Å². The van der Waals surface area contributed by atoms with Crippen LogP contribution in [0.4, 0.5) is 0 Å². The van der Waals surface area contributed by atoms with Crippen LogP contribution >= 0.6 is 0 Å². The molecule has 2 fully saturated rings. The second-order valence-electron chi connectivity index (χ2n) is 5.42. The van der Waals surface area contributed by atoms with Crippen molar-refractivity contribution in [3.63, 3.8) is 0 Å². The van der Waals surface area contributed by atoms with Crippen LogP contribution in [0.5, 0.6) is 0 Å². The van der Waals surface area contributed by atoms with Gasteiger partial charge >= 0.3 is 5.97 Å². The second kappa shape index (κ2) is 4.80. The molecular weight excluding hydrogens is 240 g/mol. The molecule has 100 valence electrons. The molecule has 3 heteroatoms. The summed E-state index contributed by atoms with van der Waals surface area (Å²) in [4.78, 5) is 24.2. The van der Waals surface area contributed by atoms with Crippen molar-refractivity contribution in [3.8, 4) is 0 Å². The third kappa shape index (κ3) is 2.29. The van der Waals surface area contributed by atoms with Gasteiger partial charge < -0.3 is 4.74 Å². The minimum Gasteiger partial charge on any atom is -0.466 e. The Kier molecular flexibility index (Phi) is 3.13. The zero-order valence-corrected chi connectivity index (χ0v) is 11.0. The van der Waals surface area contributed by atoms with Crippen molar-refractivity contribution in [1.29, 1.82) is 0 Å². The largest absolute Gasteiger partial charge is 0.466 e. The topological polar surface area (TPSA) is 43.4 Å². The van der Waals surface area contributed by atoms with E-state index in [-0.39, 0.29) is 35.4 Å². The highest BCUT2D eigenvalue weighted by Crippen LogP contribution is 2.57. The molecule has 2 aliphatic rings. The summed E-state index contributed by atoms with van der Waals surface area (Å²) in [6.45, 7) is 2.18. The Morgan fingerprint density at radius 3 is 2.42 bits per heavy atom. The first kappa shape index (κ1) is 12.4. The Labute approximate surface area is 113 Å². The third-order valence-electron chi connectivity index (χ3n) is 4.07. The van der Waals surface area contributed by atoms with Crippen LogP contribution in [-0.4, -0.2) is 18.4 Å². The Bertz CT molecular complexity index is 490. The molecular formula is C16H18O3. The molecule has 0 aliphatic heterocycles. The summed E-state index contributed by atoms with van der Waals surface area (Å²) in [5.41, 5.74) is 1.08. The molecule has 3 rings (SSSR count). The molecule has 19 heavy (non-hydrogen) atoms. The average Bonchev–Trinajstić information content (AvgIpc) is 3.31. The standard InChI is InChI=1S/C16H18O3/c1-2-19-16(18)14-12(10-6-4-3-5-7-10)13(14)15(17)11-8-9-11/h3-7,11-14H,2,8-9H2,1H3/t12-,13-,14-/m0/s1. The van der Waals surface area contributed by atoms with Crippen LogP contribution in [0.25, 0.3) is 0 Å². The van der Waals surface area contributed by atoms with Gasteiger partial charge in [-0.1, -0.05) is 30.3 Å². The SMILES string of the molecule is CCOC(=O)[C@@H]1[C@@H](C(=O)C2CC2)[C@@H]1c1ccccc1. The number of esters is 1. The number of Topliss-reactive ketones (excluding diaryl/α,β-unsaturated/α-hetero) is 1. The third-order valence-corrected chi connectivity index (χ3v) is 4.07. The fourth-order valence-electron chi connectivity index (χ4n) is 2.93. The number of ketones is 1. The molecule has 2 saturated carbocycles. The van der Waals surface area contributed by atoms with Gasteiger partial charge in [-0.15, -0.1) is 0 Å². The number of hydrogen-bond donors (Lipinski definition) is 0. The van der Waals surface area contributed by atoms with E-state index in [4.69, 9.17) is 4.74 Å². The maximum Gasteiger partial charge on any atom is 0.310 e. The number of ether oxygens (including phenoxy) is 1. The zero-order valence-electron chi connectivity index (χ0n) is 11.0. The summed E-state index contributed by atoms with van der Waals surface area (Å²) in [5, 5.41) is 0. The predicted octanol–water partition coefficient (Wildman–Crippen LogP) is 2.56. The molecule has 3 nitrogen and oxygen atoms in total. The van der Waals surface area contributed by atoms with Crippen LogP contribution in [0.1, 0.15) is 31.2 Å². The lowest BCUT2D eigenvalue weighted by Gasteiger charge is -2.00. The van der Waals surface area contributed by atoms with Gasteiger partial charge in [0.1, 0.15) is 5.78 Å². The molecule has 0 aromatic heterocycles. The summed E-state index contributed by atoms with van der Waals surface area (Å²) in [6, 6.07) is 9.85. The first-order valence-electron chi connectivity index (χ1n) is 6.99. The van der Waals surface area contributed by atoms with E-state index >= 15 is 0 Å². The smallest absolute Gasteiger partial charge is 0.310 e. The summed E-state index contributed by atoms with van der Waals surface area (Å²) < 4.78 is 5.11. The minimum atomic E-state index is -0.254. The van der Waals surface area contributed by atoms with Crippen LogP contribution in [0.2, 0.25) is 0 Å². The number of carbonyl (C=O) groups excluding carboxylic acids is 2. The highest BCUT2D eigenvalue weighted by molar-refractivity contribution is 5.96. The van der Waals surface area contributed by atoms with Gasteiger partial charge in [-0.3, -0.25) is 9.59 Å². The van der Waals surface area contributed by atoms with E-state index < -0.39 is 0 Å². The normalized spacial score (nSPS) is 28.8. The van der Waals surface area contributed by atoms with Crippen LogP contribution in [-0.2, 0) is 14.3 Å². The van der Waals surface area contributed by atoms with Gasteiger partial charge in [-0.05, 0) is 25.3 Å². The Morgan fingerprint density at radius 1 is 1.16 bits per heavy atom. The first-order chi connectivity index (χ1) is 9.24. The van der Waals surface area contributed by atoms with Crippen LogP contribution in [0.15, 0.2) is 30.3 Å². The van der Waals surface area contributed by atoms with Gasteiger partial charge in [-0.25, -0.2) is 0 Å². The van der Waals surface area contributed by atoms with E-state index in [1.807, 2.05) is 30.3 Å². The van der Waals surface area contributed by atoms with E-state index in [1.54, 1.807) is 6.92 Å². The lowest BCUT2D eigenvalue weighted by atomic mass is 10.1. The monoisotopic (exact) mass is 258 g/mol. The number of hydrogen-bond acceptors (Lipinski definition) is 3. The van der Waals surface area contributed by atoms with E-state index in [0.717, 1.165) is 18.4 Å². The maximum absolute atomic E-state index is 12.3. The van der Waals surface area contributed by atoms with Gasteiger partial charge in [0.25, 0.3) is 0 Å². The van der Waals surface area contributed by atoms with E-state index in [0.29, 0.717) is 6.61 Å². The second-order valence-corrected chi connectivity index (χ2v) is 5.42. The highest BCUT2D eigenvalue weighted by atomic mass is 16.5. The molecule has 0 unspecified atom stereocenters. The van der Waals surface area contributed by atoms with Gasteiger partial charge in [0.05, 0.1) is 12.5 Å². The maximum atomic E-state index is 12.3. The number of benzene rings is 1. The molecule has 0 bridgehead atoms. The van der Waals surface area contributed by atoms with Gasteiger partial charge in [0, 0.05) is 17.8 Å². The van der Waals surface area contributed by atoms with Crippen molar-refractivity contribution < 1.29 is 14.3 Å². The van der Waals surface area contributed by atoms with Crippen molar-refractivity contribution >= 4 is 11.8 Å². The van der Waals surface area contributed by atoms with Gasteiger partial charge in [0.15, 0.2) is 0 Å². The average molecular weight is 258 g/mol. The summed E-state index contributed by atoms with van der Waals surface area (Å²) in [5.74, 6) is -0.101. The quantitative estimate of drug-likeness (QED) is 0.762. The molecule has 3 atom stereocenters. The van der Waals surface area contributed by atoms with Crippen LogP contribution < -0.4 is 0 Å². The van der Waals surface area contributed by atoms with E-state index in [2.05, 4.69) is 0 Å². The Hall–Kier alpha value is -1.64. The molecule has 0 N–H and O–H groups in total. The molecule has 0 radical (unpaired) electrons. The van der Waals surface area contributed by atoms with Crippen molar-refractivity contribution in [2.75, 3.05) is 6.61 Å². The molecule has 0 saturated heterocycles. The minimum absolute atomic E-state index is 0.0355. The Morgan fingerprint density at radius 2 is 1.84 bits per heavy atom. The molecule has 1 aromatic carbocycles. The molecule has 0 spiro atoms. The fraction of sp³-hybridized carbons (Fsp3) is 0.500. The fourth-order valence-corrected chi connectivity index (χ4v) is 2.93. The highest BCUT2D eigenvalue weighted by Gasteiger charge is 2.61. The van der Waals surface area contributed by atoms with Crippen LogP contribution in [0.3, 0.4) is 0 Å². The summed E-state index contributed by atoms with van der Waals surface area (Å²) in [7, 11) is 0. The van der Waals surface area contributed by atoms with Crippen molar-refractivity contribution in [2.45, 2.75) is 25.7 Å². The summed E-state index contributed by atoms with van der Waals surface area (Å²) >= 11 is 0. The van der Waals surface area contributed by atoms with Gasteiger partial charge in [-0.2, -0.15) is 0 Å². The number of carbonyl (C=O) groups is 2. The molecule has 0 amide bonds. The predicted molar refractivity (Wildman–Crippen MR) is 70.5 cm³/mol. The molecule has 1 aromatic rings.